The largest absolute Gasteiger partial charge is 0.457 e. The average Bonchev–Trinajstić information content (AvgIpc) is 2.49. The van der Waals surface area contributed by atoms with E-state index in [9.17, 15) is 9.59 Å². The fraction of sp³-hybridized carbons (Fsp3) is 0.222. The Hall–Kier alpha value is -2.42. The first-order chi connectivity index (χ1) is 10.1. The number of ketones is 1. The lowest BCUT2D eigenvalue weighted by Crippen LogP contribution is -2.27. The van der Waals surface area contributed by atoms with Crippen molar-refractivity contribution in [3.63, 3.8) is 0 Å². The third-order valence-corrected chi connectivity index (χ3v) is 3.07. The van der Waals surface area contributed by atoms with Crippen molar-refractivity contribution < 1.29 is 14.3 Å². The van der Waals surface area contributed by atoms with E-state index in [1.54, 1.807) is 13.8 Å². The molecule has 0 saturated carbocycles. The van der Waals surface area contributed by atoms with Crippen LogP contribution >= 0.6 is 0 Å². The van der Waals surface area contributed by atoms with Gasteiger partial charge in [-0.15, -0.1) is 0 Å². The second-order valence-corrected chi connectivity index (χ2v) is 5.07. The summed E-state index contributed by atoms with van der Waals surface area (Å²) in [5.74, 6) is -1.96. The minimum Gasteiger partial charge on any atom is -0.457 e. The zero-order valence-corrected chi connectivity index (χ0v) is 12.2. The van der Waals surface area contributed by atoms with Crippen LogP contribution in [0.4, 0.5) is 0 Å². The molecule has 0 aliphatic heterocycles. The van der Waals surface area contributed by atoms with Crippen molar-refractivity contribution in [2.45, 2.75) is 25.9 Å². The molecule has 0 aromatic heterocycles. The van der Waals surface area contributed by atoms with E-state index in [4.69, 9.17) is 4.74 Å². The van der Waals surface area contributed by atoms with E-state index in [1.165, 1.54) is 0 Å². The van der Waals surface area contributed by atoms with E-state index in [0.717, 1.165) is 11.1 Å². The highest BCUT2D eigenvalue weighted by Crippen LogP contribution is 2.26. The molecule has 0 radical (unpaired) electrons. The summed E-state index contributed by atoms with van der Waals surface area (Å²) >= 11 is 0. The lowest BCUT2D eigenvalue weighted by Gasteiger charge is -2.17. The summed E-state index contributed by atoms with van der Waals surface area (Å²) in [7, 11) is 0. The van der Waals surface area contributed by atoms with Crippen LogP contribution in [-0.4, -0.2) is 17.9 Å². The first-order valence-electron chi connectivity index (χ1n) is 6.94. The molecular weight excluding hydrogens is 264 g/mol. The topological polar surface area (TPSA) is 43.4 Å². The predicted molar refractivity (Wildman–Crippen MR) is 81.0 cm³/mol. The van der Waals surface area contributed by atoms with Crippen molar-refractivity contribution in [2.75, 3.05) is 0 Å². The fourth-order valence-corrected chi connectivity index (χ4v) is 2.18. The van der Waals surface area contributed by atoms with Crippen LogP contribution in [0.1, 0.15) is 30.9 Å². The van der Waals surface area contributed by atoms with E-state index in [1.807, 2.05) is 60.7 Å². The van der Waals surface area contributed by atoms with E-state index < -0.39 is 17.7 Å². The van der Waals surface area contributed by atoms with Gasteiger partial charge in [0.25, 0.3) is 5.78 Å². The van der Waals surface area contributed by atoms with Gasteiger partial charge in [-0.05, 0) is 25.0 Å². The quantitative estimate of drug-likeness (QED) is 0.624. The fourth-order valence-electron chi connectivity index (χ4n) is 2.18. The number of carbonyl (C=O) groups excluding carboxylic acids is 2. The summed E-state index contributed by atoms with van der Waals surface area (Å²) in [5.41, 5.74) is 1.57. The minimum absolute atomic E-state index is 0.311. The molecule has 3 nitrogen and oxygen atoms in total. The van der Waals surface area contributed by atoms with Crippen LogP contribution in [0.2, 0.25) is 0 Å². The molecule has 0 heterocycles. The molecule has 2 aromatic carbocycles. The van der Waals surface area contributed by atoms with Gasteiger partial charge in [0.15, 0.2) is 0 Å². The van der Waals surface area contributed by atoms with Crippen LogP contribution in [0, 0.1) is 0 Å². The third-order valence-electron chi connectivity index (χ3n) is 3.07. The molecule has 0 aliphatic rings. The van der Waals surface area contributed by atoms with E-state index in [0.29, 0.717) is 0 Å². The van der Waals surface area contributed by atoms with Gasteiger partial charge in [-0.3, -0.25) is 4.79 Å². The maximum absolute atomic E-state index is 12.5. The Bertz CT molecular complexity index is 563. The van der Waals surface area contributed by atoms with E-state index >= 15 is 0 Å². The second kappa shape index (κ2) is 6.84. The van der Waals surface area contributed by atoms with Crippen molar-refractivity contribution in [3.05, 3.63) is 71.8 Å². The Morgan fingerprint density at radius 2 is 1.24 bits per heavy atom. The normalized spacial score (nSPS) is 10.7. The number of rotatable bonds is 5. The molecule has 2 rings (SSSR count). The van der Waals surface area contributed by atoms with Crippen LogP contribution in [-0.2, 0) is 14.3 Å². The number of hydrogen-bond acceptors (Lipinski definition) is 3. The van der Waals surface area contributed by atoms with E-state index in [2.05, 4.69) is 0 Å². The van der Waals surface area contributed by atoms with Gasteiger partial charge >= 0.3 is 5.97 Å². The number of Topliss-reactive ketones (excluding diaryl/α,β-unsaturated/α-hetero) is 1. The average molecular weight is 282 g/mol. The summed E-state index contributed by atoms with van der Waals surface area (Å²) in [5, 5.41) is 0. The third kappa shape index (κ3) is 3.78. The van der Waals surface area contributed by atoms with Gasteiger partial charge in [-0.25, -0.2) is 4.79 Å². The number of hydrogen-bond donors (Lipinski definition) is 0. The monoisotopic (exact) mass is 282 g/mol. The van der Waals surface area contributed by atoms with Crippen molar-refractivity contribution in [1.82, 2.24) is 0 Å². The van der Waals surface area contributed by atoms with Gasteiger partial charge in [0.1, 0.15) is 0 Å². The zero-order chi connectivity index (χ0) is 15.2. The lowest BCUT2D eigenvalue weighted by molar-refractivity contribution is -0.157. The number of benzene rings is 2. The van der Waals surface area contributed by atoms with Gasteiger partial charge < -0.3 is 4.74 Å². The molecule has 3 heteroatoms. The van der Waals surface area contributed by atoms with Gasteiger partial charge in [0, 0.05) is 0 Å². The Labute approximate surface area is 124 Å². The number of esters is 1. The molecule has 0 amide bonds. The molecule has 0 saturated heterocycles. The second-order valence-electron chi connectivity index (χ2n) is 5.07. The van der Waals surface area contributed by atoms with Gasteiger partial charge in [0.2, 0.25) is 0 Å². The maximum Gasteiger partial charge on any atom is 0.375 e. The molecular formula is C18H18O3. The highest BCUT2D eigenvalue weighted by Gasteiger charge is 2.29. The Morgan fingerprint density at radius 3 is 1.62 bits per heavy atom. The molecule has 2 aromatic rings. The van der Waals surface area contributed by atoms with Gasteiger partial charge in [-0.1, -0.05) is 60.7 Å². The van der Waals surface area contributed by atoms with Crippen LogP contribution in [0.25, 0.3) is 0 Å². The number of carbonyl (C=O) groups is 2. The molecule has 0 fully saturated rings. The summed E-state index contributed by atoms with van der Waals surface area (Å²) in [4.78, 5) is 24.5. The summed E-state index contributed by atoms with van der Waals surface area (Å²) in [6, 6.07) is 18.6. The first-order valence-corrected chi connectivity index (χ1v) is 6.94. The van der Waals surface area contributed by atoms with Crippen LogP contribution in [0.3, 0.4) is 0 Å². The summed E-state index contributed by atoms with van der Waals surface area (Å²) in [6.07, 6.45) is -0.311. The summed E-state index contributed by atoms with van der Waals surface area (Å²) < 4.78 is 5.05. The van der Waals surface area contributed by atoms with Crippen LogP contribution in [0.5, 0.6) is 0 Å². The highest BCUT2D eigenvalue weighted by molar-refractivity contribution is 6.36. The molecule has 0 spiro atoms. The first kappa shape index (κ1) is 15.0. The minimum atomic E-state index is -0.789. The van der Waals surface area contributed by atoms with Gasteiger partial charge in [0.05, 0.1) is 12.0 Å². The molecule has 0 unspecified atom stereocenters. The Balaban J connectivity index is 2.38. The van der Waals surface area contributed by atoms with Crippen LogP contribution in [0.15, 0.2) is 60.7 Å². The molecule has 21 heavy (non-hydrogen) atoms. The predicted octanol–water partition coefficient (Wildman–Crippen LogP) is 3.34. The van der Waals surface area contributed by atoms with Crippen LogP contribution < -0.4 is 0 Å². The molecule has 0 aliphatic carbocycles. The smallest absolute Gasteiger partial charge is 0.375 e. The number of ether oxygens (including phenoxy) is 1. The Morgan fingerprint density at radius 1 is 0.810 bits per heavy atom. The van der Waals surface area contributed by atoms with E-state index in [-0.39, 0.29) is 6.10 Å². The SMILES string of the molecule is CC(C)OC(=O)C(=O)C(c1ccccc1)c1ccccc1. The van der Waals surface area contributed by atoms with Gasteiger partial charge in [-0.2, -0.15) is 0 Å². The summed E-state index contributed by atoms with van der Waals surface area (Å²) in [6.45, 7) is 3.45. The van der Waals surface area contributed by atoms with Crippen molar-refractivity contribution in [1.29, 1.82) is 0 Å². The standard InChI is InChI=1S/C18H18O3/c1-13(2)21-18(20)17(19)16(14-9-5-3-6-10-14)15-11-7-4-8-12-15/h3-13,16H,1-2H3. The molecule has 0 atom stereocenters. The zero-order valence-electron chi connectivity index (χ0n) is 12.2. The highest BCUT2D eigenvalue weighted by atomic mass is 16.5. The van der Waals surface area contributed by atoms with Crippen molar-refractivity contribution in [3.8, 4) is 0 Å². The molecule has 108 valence electrons. The van der Waals surface area contributed by atoms with Crippen molar-refractivity contribution >= 4 is 11.8 Å². The molecule has 0 N–H and O–H groups in total. The maximum atomic E-state index is 12.5. The lowest BCUT2D eigenvalue weighted by atomic mass is 9.87. The Kier molecular flexibility index (Phi) is 4.88. The van der Waals surface area contributed by atoms with Crippen molar-refractivity contribution in [2.24, 2.45) is 0 Å². The molecule has 0 bridgehead atoms.